The van der Waals surface area contributed by atoms with Crippen molar-refractivity contribution in [2.75, 3.05) is 13.2 Å². The Morgan fingerprint density at radius 3 is 2.23 bits per heavy atom. The second-order valence-corrected chi connectivity index (χ2v) is 8.27. The van der Waals surface area contributed by atoms with Crippen LogP contribution in [0, 0.1) is 0 Å². The number of hydrogen-bond donors (Lipinski definition) is 0. The SMILES string of the molecule is CCOC(=O)CCN(C(=O)C(=[N+]=[N-])S(=O)(=O)c1ccccc1)C(C)(C)C. The van der Waals surface area contributed by atoms with Gasteiger partial charge in [0.05, 0.1) is 17.9 Å². The maximum atomic E-state index is 12.8. The average molecular weight is 381 g/mol. The van der Waals surface area contributed by atoms with Gasteiger partial charge >= 0.3 is 16.9 Å². The van der Waals surface area contributed by atoms with E-state index >= 15 is 0 Å². The van der Waals surface area contributed by atoms with Crippen LogP contribution in [-0.4, -0.2) is 53.7 Å². The highest BCUT2D eigenvalue weighted by molar-refractivity contribution is 8.08. The molecule has 0 saturated heterocycles. The highest BCUT2D eigenvalue weighted by Crippen LogP contribution is 2.18. The fourth-order valence-electron chi connectivity index (χ4n) is 2.22. The molecule has 0 fully saturated rings. The van der Waals surface area contributed by atoms with E-state index in [1.807, 2.05) is 0 Å². The lowest BCUT2D eigenvalue weighted by molar-refractivity contribution is -0.144. The maximum absolute atomic E-state index is 12.8. The molecular weight excluding hydrogens is 358 g/mol. The lowest BCUT2D eigenvalue weighted by atomic mass is 10.1. The van der Waals surface area contributed by atoms with Crippen molar-refractivity contribution in [3.8, 4) is 0 Å². The summed E-state index contributed by atoms with van der Waals surface area (Å²) in [6.45, 7) is 6.83. The fourth-order valence-corrected chi connectivity index (χ4v) is 3.40. The molecule has 0 aromatic heterocycles. The molecule has 1 rings (SSSR count). The van der Waals surface area contributed by atoms with E-state index in [-0.39, 0.29) is 24.5 Å². The molecule has 0 saturated carbocycles. The predicted molar refractivity (Wildman–Crippen MR) is 95.0 cm³/mol. The molecule has 0 aliphatic heterocycles. The molecule has 1 aromatic carbocycles. The third kappa shape index (κ3) is 5.24. The normalized spacial score (nSPS) is 11.4. The van der Waals surface area contributed by atoms with E-state index in [4.69, 9.17) is 4.74 Å². The summed E-state index contributed by atoms with van der Waals surface area (Å²) in [7, 11) is -4.31. The number of esters is 1. The Morgan fingerprint density at radius 1 is 1.19 bits per heavy atom. The number of nitrogens with zero attached hydrogens (tertiary/aromatic N) is 3. The van der Waals surface area contributed by atoms with Crippen molar-refractivity contribution < 1.29 is 27.5 Å². The molecule has 142 valence electrons. The molecule has 9 heteroatoms. The molecule has 0 aliphatic rings. The standard InChI is InChI=1S/C17H23N3O5S/c1-5-25-14(21)11-12-20(17(2,3)4)16(22)15(19-18)26(23,24)13-9-7-6-8-10-13/h6-10H,5,11-12H2,1-4H3. The topological polar surface area (TPSA) is 117 Å². The number of benzene rings is 1. The Bertz CT molecular complexity index is 807. The van der Waals surface area contributed by atoms with Crippen molar-refractivity contribution in [3.63, 3.8) is 0 Å². The van der Waals surface area contributed by atoms with Crippen molar-refractivity contribution in [2.24, 2.45) is 0 Å². The summed E-state index contributed by atoms with van der Waals surface area (Å²) in [5.41, 5.74) is 8.43. The Morgan fingerprint density at radius 2 is 1.77 bits per heavy atom. The van der Waals surface area contributed by atoms with Crippen LogP contribution in [0.4, 0.5) is 0 Å². The number of hydrogen-bond acceptors (Lipinski definition) is 5. The van der Waals surface area contributed by atoms with Crippen LogP contribution in [0.15, 0.2) is 35.2 Å². The quantitative estimate of drug-likeness (QED) is 0.253. The van der Waals surface area contributed by atoms with Gasteiger partial charge < -0.3 is 15.2 Å². The monoisotopic (exact) mass is 381 g/mol. The number of carbonyl (C=O) groups is 2. The molecule has 0 bridgehead atoms. The molecule has 1 aromatic rings. The Balaban J connectivity index is 3.20. The van der Waals surface area contributed by atoms with Gasteiger partial charge in [-0.15, -0.1) is 4.79 Å². The minimum atomic E-state index is -4.31. The van der Waals surface area contributed by atoms with Gasteiger partial charge in [0.15, 0.2) is 0 Å². The summed E-state index contributed by atoms with van der Waals surface area (Å²) < 4.78 is 30.1. The number of amides is 1. The van der Waals surface area contributed by atoms with E-state index in [1.165, 1.54) is 29.2 Å². The summed E-state index contributed by atoms with van der Waals surface area (Å²) in [6.07, 6.45) is -0.110. The predicted octanol–water partition coefficient (Wildman–Crippen LogP) is 1.67. The largest absolute Gasteiger partial charge is 0.473 e. The third-order valence-electron chi connectivity index (χ3n) is 3.48. The molecular formula is C17H23N3O5S. The molecule has 0 unspecified atom stereocenters. The van der Waals surface area contributed by atoms with E-state index in [2.05, 4.69) is 4.79 Å². The van der Waals surface area contributed by atoms with Gasteiger partial charge in [0, 0.05) is 12.1 Å². The summed E-state index contributed by atoms with van der Waals surface area (Å²) in [4.78, 5) is 28.2. The van der Waals surface area contributed by atoms with Crippen LogP contribution in [0.2, 0.25) is 0 Å². The average Bonchev–Trinajstić information content (AvgIpc) is 2.55. The third-order valence-corrected chi connectivity index (χ3v) is 5.14. The number of carbonyl (C=O) groups excluding carboxylic acids is 2. The zero-order valence-electron chi connectivity index (χ0n) is 15.3. The van der Waals surface area contributed by atoms with Crippen LogP contribution < -0.4 is 0 Å². The molecule has 8 nitrogen and oxygen atoms in total. The zero-order valence-corrected chi connectivity index (χ0v) is 16.1. The van der Waals surface area contributed by atoms with Crippen molar-refractivity contribution in [1.82, 2.24) is 4.90 Å². The van der Waals surface area contributed by atoms with Crippen LogP contribution in [0.5, 0.6) is 0 Å². The van der Waals surface area contributed by atoms with Gasteiger partial charge in [-0.2, -0.15) is 0 Å². The summed E-state index contributed by atoms with van der Waals surface area (Å²) in [6, 6.07) is 7.21. The first-order chi connectivity index (χ1) is 12.1. The van der Waals surface area contributed by atoms with Gasteiger partial charge in [-0.1, -0.05) is 18.2 Å². The summed E-state index contributed by atoms with van der Waals surface area (Å²) in [5.74, 6) is -1.50. The minimum Gasteiger partial charge on any atom is -0.466 e. The van der Waals surface area contributed by atoms with Gasteiger partial charge in [0.2, 0.25) is 0 Å². The minimum absolute atomic E-state index is 0.0789. The van der Waals surface area contributed by atoms with E-state index in [1.54, 1.807) is 33.8 Å². The van der Waals surface area contributed by atoms with Crippen LogP contribution in [-0.2, 0) is 24.2 Å². The molecule has 0 heterocycles. The van der Waals surface area contributed by atoms with Crippen molar-refractivity contribution in [3.05, 3.63) is 35.9 Å². The molecule has 1 amide bonds. The van der Waals surface area contributed by atoms with E-state index < -0.39 is 32.3 Å². The Hall–Kier alpha value is -2.51. The molecule has 0 spiro atoms. The van der Waals surface area contributed by atoms with E-state index in [0.717, 1.165) is 0 Å². The second-order valence-electron chi connectivity index (χ2n) is 6.40. The fraction of sp³-hybridized carbons (Fsp3) is 0.471. The first kappa shape index (κ1) is 21.5. The van der Waals surface area contributed by atoms with E-state index in [9.17, 15) is 23.5 Å². The zero-order chi connectivity index (χ0) is 20.0. The smallest absolute Gasteiger partial charge is 0.466 e. The van der Waals surface area contributed by atoms with Crippen LogP contribution in [0.1, 0.15) is 34.1 Å². The van der Waals surface area contributed by atoms with Crippen molar-refractivity contribution >= 4 is 26.8 Å². The van der Waals surface area contributed by atoms with Gasteiger partial charge in [-0.3, -0.25) is 9.59 Å². The highest BCUT2D eigenvalue weighted by Gasteiger charge is 2.43. The van der Waals surface area contributed by atoms with Crippen LogP contribution in [0.3, 0.4) is 0 Å². The van der Waals surface area contributed by atoms with Gasteiger partial charge in [-0.05, 0) is 39.8 Å². The van der Waals surface area contributed by atoms with Crippen LogP contribution in [0.25, 0.3) is 5.53 Å². The second kappa shape index (κ2) is 8.73. The van der Waals surface area contributed by atoms with Gasteiger partial charge in [-0.25, -0.2) is 8.42 Å². The Kier molecular flexibility index (Phi) is 7.23. The van der Waals surface area contributed by atoms with E-state index in [0.29, 0.717) is 0 Å². The summed E-state index contributed by atoms with van der Waals surface area (Å²) in [5, 5.41) is -0.998. The molecule has 0 aliphatic carbocycles. The highest BCUT2D eigenvalue weighted by atomic mass is 32.2. The van der Waals surface area contributed by atoms with Gasteiger partial charge in [0.25, 0.3) is 9.84 Å². The molecule has 26 heavy (non-hydrogen) atoms. The summed E-state index contributed by atoms with van der Waals surface area (Å²) >= 11 is 0. The van der Waals surface area contributed by atoms with Crippen molar-refractivity contribution in [1.29, 1.82) is 0 Å². The van der Waals surface area contributed by atoms with Crippen LogP contribution >= 0.6 is 0 Å². The Labute approximate surface area is 153 Å². The molecule has 0 N–H and O–H groups in total. The number of rotatable bonds is 5. The molecule has 0 atom stereocenters. The maximum Gasteiger partial charge on any atom is 0.473 e. The molecule has 0 radical (unpaired) electrons. The number of sulfone groups is 1. The first-order valence-corrected chi connectivity index (χ1v) is 9.53. The lowest BCUT2D eigenvalue weighted by Gasteiger charge is -2.34. The lowest BCUT2D eigenvalue weighted by Crippen LogP contribution is -2.51. The first-order valence-electron chi connectivity index (χ1n) is 8.05. The van der Waals surface area contributed by atoms with Gasteiger partial charge in [0.1, 0.15) is 0 Å². The number of ether oxygens (including phenoxy) is 1. The van der Waals surface area contributed by atoms with Crippen molar-refractivity contribution in [2.45, 2.75) is 44.6 Å².